The average Bonchev–Trinajstić information content (AvgIpc) is 2.93. The van der Waals surface area contributed by atoms with Crippen molar-refractivity contribution in [3.05, 3.63) is 35.9 Å². The van der Waals surface area contributed by atoms with Gasteiger partial charge in [0.15, 0.2) is 0 Å². The molecule has 1 heterocycles. The summed E-state index contributed by atoms with van der Waals surface area (Å²) in [5, 5.41) is 5.93. The third-order valence-corrected chi connectivity index (χ3v) is 3.65. The highest BCUT2D eigenvalue weighted by Crippen LogP contribution is 2.21. The Morgan fingerprint density at radius 2 is 2.00 bits per heavy atom. The average molecular weight is 298 g/mol. The number of primary amides is 1. The summed E-state index contributed by atoms with van der Waals surface area (Å²) in [6, 6.07) is 9.07. The van der Waals surface area contributed by atoms with Crippen molar-refractivity contribution in [2.24, 2.45) is 11.7 Å². The van der Waals surface area contributed by atoms with Crippen molar-refractivity contribution >= 4 is 24.2 Å². The molecule has 2 atom stereocenters. The first-order valence-corrected chi connectivity index (χ1v) is 6.42. The van der Waals surface area contributed by atoms with Crippen molar-refractivity contribution in [1.29, 1.82) is 0 Å². The van der Waals surface area contributed by atoms with Gasteiger partial charge in [0, 0.05) is 6.54 Å². The fourth-order valence-corrected chi connectivity index (χ4v) is 2.27. The second-order valence-corrected chi connectivity index (χ2v) is 5.03. The Morgan fingerprint density at radius 3 is 2.50 bits per heavy atom. The standard InChI is InChI=1S/C14H19N3O2.ClH/c1-14(13(15)19,11-5-3-2-4-6-11)17-12(18)10-7-8-16-9-10;/h2-6,10,16H,7-9H2,1H3,(H2,15,19)(H,17,18);1H. The van der Waals surface area contributed by atoms with E-state index in [-0.39, 0.29) is 24.2 Å². The number of rotatable bonds is 4. The molecule has 2 rings (SSSR count). The number of nitrogens with one attached hydrogen (secondary N) is 2. The van der Waals surface area contributed by atoms with Crippen LogP contribution in [0.15, 0.2) is 30.3 Å². The molecule has 0 aromatic heterocycles. The molecule has 2 unspecified atom stereocenters. The van der Waals surface area contributed by atoms with Crippen LogP contribution in [0.5, 0.6) is 0 Å². The summed E-state index contributed by atoms with van der Waals surface area (Å²) in [6.45, 7) is 3.12. The summed E-state index contributed by atoms with van der Waals surface area (Å²) in [5.74, 6) is -0.782. The second kappa shape index (κ2) is 6.72. The van der Waals surface area contributed by atoms with Gasteiger partial charge >= 0.3 is 0 Å². The molecule has 0 bridgehead atoms. The molecule has 1 aliphatic rings. The van der Waals surface area contributed by atoms with Crippen LogP contribution in [0.2, 0.25) is 0 Å². The molecule has 110 valence electrons. The maximum Gasteiger partial charge on any atom is 0.247 e. The van der Waals surface area contributed by atoms with Crippen molar-refractivity contribution in [2.45, 2.75) is 18.9 Å². The number of nitrogens with two attached hydrogens (primary N) is 1. The predicted octanol–water partition coefficient (Wildman–Crippen LogP) is 0.535. The van der Waals surface area contributed by atoms with Crippen LogP contribution >= 0.6 is 12.4 Å². The maximum absolute atomic E-state index is 12.2. The first kappa shape index (κ1) is 16.5. The highest BCUT2D eigenvalue weighted by Gasteiger charge is 2.37. The minimum atomic E-state index is -1.17. The van der Waals surface area contributed by atoms with E-state index in [1.54, 1.807) is 19.1 Å². The zero-order valence-electron chi connectivity index (χ0n) is 11.4. The molecule has 1 fully saturated rings. The van der Waals surface area contributed by atoms with E-state index in [1.165, 1.54) is 0 Å². The van der Waals surface area contributed by atoms with Crippen LogP contribution in [0.3, 0.4) is 0 Å². The predicted molar refractivity (Wildman–Crippen MR) is 79.4 cm³/mol. The number of benzene rings is 1. The lowest BCUT2D eigenvalue weighted by atomic mass is 9.90. The van der Waals surface area contributed by atoms with Gasteiger partial charge in [0.25, 0.3) is 0 Å². The molecule has 4 N–H and O–H groups in total. The van der Waals surface area contributed by atoms with E-state index in [9.17, 15) is 9.59 Å². The quantitative estimate of drug-likeness (QED) is 0.758. The van der Waals surface area contributed by atoms with E-state index >= 15 is 0 Å². The Hall–Kier alpha value is -1.59. The smallest absolute Gasteiger partial charge is 0.247 e. The lowest BCUT2D eigenvalue weighted by Gasteiger charge is -2.29. The monoisotopic (exact) mass is 297 g/mol. The van der Waals surface area contributed by atoms with Gasteiger partial charge in [-0.25, -0.2) is 0 Å². The molecular formula is C14H20ClN3O2. The van der Waals surface area contributed by atoms with Gasteiger partial charge in [-0.2, -0.15) is 0 Å². The number of carbonyl (C=O) groups is 2. The van der Waals surface area contributed by atoms with E-state index < -0.39 is 11.4 Å². The van der Waals surface area contributed by atoms with Gasteiger partial charge in [-0.05, 0) is 25.5 Å². The molecule has 6 heteroatoms. The van der Waals surface area contributed by atoms with Gasteiger partial charge in [0.1, 0.15) is 5.54 Å². The summed E-state index contributed by atoms with van der Waals surface area (Å²) < 4.78 is 0. The Balaban J connectivity index is 0.00000200. The Kier molecular flexibility index (Phi) is 5.53. The van der Waals surface area contributed by atoms with E-state index in [1.807, 2.05) is 18.2 Å². The number of carbonyl (C=O) groups excluding carboxylic acids is 2. The maximum atomic E-state index is 12.2. The number of hydrogen-bond donors (Lipinski definition) is 3. The van der Waals surface area contributed by atoms with Crippen LogP contribution in [0.1, 0.15) is 18.9 Å². The molecule has 1 aliphatic heterocycles. The molecule has 0 spiro atoms. The highest BCUT2D eigenvalue weighted by atomic mass is 35.5. The Bertz CT molecular complexity index is 475. The van der Waals surface area contributed by atoms with E-state index in [4.69, 9.17) is 5.73 Å². The molecule has 1 aromatic rings. The minimum absolute atomic E-state index is 0. The number of halogens is 1. The van der Waals surface area contributed by atoms with Gasteiger partial charge < -0.3 is 16.4 Å². The van der Waals surface area contributed by atoms with Crippen molar-refractivity contribution in [2.75, 3.05) is 13.1 Å². The lowest BCUT2D eigenvalue weighted by Crippen LogP contribution is -2.54. The molecule has 1 aromatic carbocycles. The van der Waals surface area contributed by atoms with Crippen LogP contribution in [0, 0.1) is 5.92 Å². The third kappa shape index (κ3) is 3.29. The molecule has 5 nitrogen and oxygen atoms in total. The summed E-state index contributed by atoms with van der Waals surface area (Å²) in [7, 11) is 0. The fourth-order valence-electron chi connectivity index (χ4n) is 2.27. The summed E-state index contributed by atoms with van der Waals surface area (Å²) >= 11 is 0. The van der Waals surface area contributed by atoms with Gasteiger partial charge in [0.05, 0.1) is 5.92 Å². The zero-order valence-corrected chi connectivity index (χ0v) is 12.2. The fraction of sp³-hybridized carbons (Fsp3) is 0.429. The molecule has 1 saturated heterocycles. The number of amides is 2. The summed E-state index contributed by atoms with van der Waals surface area (Å²) in [6.07, 6.45) is 0.787. The van der Waals surface area contributed by atoms with Crippen LogP contribution < -0.4 is 16.4 Å². The van der Waals surface area contributed by atoms with Crippen molar-refractivity contribution in [3.63, 3.8) is 0 Å². The number of hydrogen-bond acceptors (Lipinski definition) is 3. The molecule has 20 heavy (non-hydrogen) atoms. The van der Waals surface area contributed by atoms with Crippen molar-refractivity contribution in [1.82, 2.24) is 10.6 Å². The molecular weight excluding hydrogens is 278 g/mol. The first-order valence-electron chi connectivity index (χ1n) is 6.42. The largest absolute Gasteiger partial charge is 0.367 e. The van der Waals surface area contributed by atoms with Crippen LogP contribution in [0.4, 0.5) is 0 Å². The highest BCUT2D eigenvalue weighted by molar-refractivity contribution is 5.92. The lowest BCUT2D eigenvalue weighted by molar-refractivity contribution is -0.133. The van der Waals surface area contributed by atoms with Gasteiger partial charge in [-0.15, -0.1) is 12.4 Å². The SMILES string of the molecule is CC(NC(=O)C1CCNC1)(C(N)=O)c1ccccc1.Cl. The Morgan fingerprint density at radius 1 is 1.35 bits per heavy atom. The van der Waals surface area contributed by atoms with E-state index in [0.717, 1.165) is 13.0 Å². The van der Waals surface area contributed by atoms with Gasteiger partial charge in [-0.1, -0.05) is 30.3 Å². The van der Waals surface area contributed by atoms with Crippen LogP contribution in [0.25, 0.3) is 0 Å². The summed E-state index contributed by atoms with van der Waals surface area (Å²) in [5.41, 5.74) is 5.01. The Labute approximate surface area is 124 Å². The van der Waals surface area contributed by atoms with Gasteiger partial charge in [0.2, 0.25) is 11.8 Å². The third-order valence-electron chi connectivity index (χ3n) is 3.65. The van der Waals surface area contributed by atoms with Crippen molar-refractivity contribution < 1.29 is 9.59 Å². The van der Waals surface area contributed by atoms with Crippen LogP contribution in [-0.4, -0.2) is 24.9 Å². The normalized spacial score (nSPS) is 20.6. The zero-order chi connectivity index (χ0) is 13.9. The molecule has 0 aliphatic carbocycles. The summed E-state index contributed by atoms with van der Waals surface area (Å²) in [4.78, 5) is 23.9. The topological polar surface area (TPSA) is 84.2 Å². The molecule has 2 amide bonds. The van der Waals surface area contributed by atoms with Gasteiger partial charge in [-0.3, -0.25) is 9.59 Å². The van der Waals surface area contributed by atoms with E-state index in [2.05, 4.69) is 10.6 Å². The van der Waals surface area contributed by atoms with E-state index in [0.29, 0.717) is 12.1 Å². The second-order valence-electron chi connectivity index (χ2n) is 5.03. The van der Waals surface area contributed by atoms with Crippen molar-refractivity contribution in [3.8, 4) is 0 Å². The first-order chi connectivity index (χ1) is 9.04. The molecule has 0 radical (unpaired) electrons. The minimum Gasteiger partial charge on any atom is -0.367 e. The molecule has 0 saturated carbocycles. The van der Waals surface area contributed by atoms with Crippen LogP contribution in [-0.2, 0) is 15.1 Å².